The Balaban J connectivity index is 2.88. The molecule has 1 rings (SSSR count). The molecule has 12 heavy (non-hydrogen) atoms. The number of carbonyl (C=O) groups is 1. The fourth-order valence-corrected chi connectivity index (χ4v) is 0.924. The largest absolute Gasteiger partial charge is 0.468 e. The Hall–Kier alpha value is -1.25. The fraction of sp³-hybridized carbons (Fsp3) is 0.444. The van der Waals surface area contributed by atoms with Crippen molar-refractivity contribution in [3.05, 3.63) is 23.2 Å². The van der Waals surface area contributed by atoms with Gasteiger partial charge in [0.05, 0.1) is 6.61 Å². The van der Waals surface area contributed by atoms with Crippen molar-refractivity contribution in [2.24, 2.45) is 0 Å². The molecule has 0 N–H and O–H groups in total. The van der Waals surface area contributed by atoms with Crippen molar-refractivity contribution in [1.29, 1.82) is 0 Å². The van der Waals surface area contributed by atoms with E-state index in [1.807, 2.05) is 13.8 Å². The average molecular weight is 168 g/mol. The highest BCUT2D eigenvalue weighted by molar-refractivity contribution is 5.90. The summed E-state index contributed by atoms with van der Waals surface area (Å²) >= 11 is 0. The lowest BCUT2D eigenvalue weighted by molar-refractivity contribution is 0.0525. The molecular weight excluding hydrogens is 156 g/mol. The second-order valence-corrected chi connectivity index (χ2v) is 2.55. The molecule has 0 aliphatic rings. The highest BCUT2D eigenvalue weighted by Crippen LogP contribution is 2.15. The van der Waals surface area contributed by atoms with Crippen molar-refractivity contribution >= 4 is 5.97 Å². The van der Waals surface area contributed by atoms with Gasteiger partial charge in [-0.1, -0.05) is 0 Å². The lowest BCUT2D eigenvalue weighted by Crippen LogP contribution is -2.04. The van der Waals surface area contributed by atoms with Gasteiger partial charge in [0.25, 0.3) is 0 Å². The molecule has 0 saturated heterocycles. The first-order valence-corrected chi connectivity index (χ1v) is 3.88. The molecule has 0 saturated carbocycles. The summed E-state index contributed by atoms with van der Waals surface area (Å²) < 4.78 is 9.89. The minimum atomic E-state index is -0.313. The standard InChI is InChI=1S/C9H12O3/c1-4-11-9(10)8-5-12-7(3)6(8)2/h5H,4H2,1-3H3. The molecule has 0 spiro atoms. The maximum absolute atomic E-state index is 11.2. The molecule has 0 aliphatic carbocycles. The van der Waals surface area contributed by atoms with Crippen LogP contribution in [0, 0.1) is 13.8 Å². The molecule has 3 heteroatoms. The second kappa shape index (κ2) is 3.43. The van der Waals surface area contributed by atoms with Gasteiger partial charge in [0.15, 0.2) is 0 Å². The van der Waals surface area contributed by atoms with Crippen LogP contribution in [-0.2, 0) is 4.74 Å². The Bertz CT molecular complexity index is 286. The highest BCUT2D eigenvalue weighted by Gasteiger charge is 2.14. The van der Waals surface area contributed by atoms with Crippen molar-refractivity contribution in [3.8, 4) is 0 Å². The van der Waals surface area contributed by atoms with Gasteiger partial charge in [0, 0.05) is 5.56 Å². The van der Waals surface area contributed by atoms with E-state index in [-0.39, 0.29) is 5.97 Å². The van der Waals surface area contributed by atoms with Crippen LogP contribution >= 0.6 is 0 Å². The van der Waals surface area contributed by atoms with Gasteiger partial charge in [-0.3, -0.25) is 0 Å². The van der Waals surface area contributed by atoms with E-state index < -0.39 is 0 Å². The lowest BCUT2D eigenvalue weighted by atomic mass is 10.2. The number of esters is 1. The quantitative estimate of drug-likeness (QED) is 0.634. The Kier molecular flexibility index (Phi) is 2.53. The Morgan fingerprint density at radius 2 is 2.25 bits per heavy atom. The maximum atomic E-state index is 11.2. The first-order valence-electron chi connectivity index (χ1n) is 3.88. The smallest absolute Gasteiger partial charge is 0.341 e. The predicted molar refractivity (Wildman–Crippen MR) is 44.1 cm³/mol. The molecule has 0 aliphatic heterocycles. The van der Waals surface area contributed by atoms with Gasteiger partial charge in [0.2, 0.25) is 0 Å². The van der Waals surface area contributed by atoms with Crippen molar-refractivity contribution < 1.29 is 13.9 Å². The van der Waals surface area contributed by atoms with Gasteiger partial charge in [0.1, 0.15) is 17.6 Å². The van der Waals surface area contributed by atoms with Crippen LogP contribution in [0.15, 0.2) is 10.7 Å². The summed E-state index contributed by atoms with van der Waals surface area (Å²) in [5, 5.41) is 0. The van der Waals surface area contributed by atoms with Crippen molar-refractivity contribution in [2.75, 3.05) is 6.61 Å². The minimum absolute atomic E-state index is 0.313. The van der Waals surface area contributed by atoms with Crippen LogP contribution in [0.25, 0.3) is 0 Å². The normalized spacial score (nSPS) is 9.92. The molecule has 0 amide bonds. The van der Waals surface area contributed by atoms with Gasteiger partial charge >= 0.3 is 5.97 Å². The summed E-state index contributed by atoms with van der Waals surface area (Å²) in [7, 11) is 0. The number of carbonyl (C=O) groups excluding carboxylic acids is 1. The predicted octanol–water partition coefficient (Wildman–Crippen LogP) is 2.07. The zero-order valence-corrected chi connectivity index (χ0v) is 7.51. The molecule has 66 valence electrons. The van der Waals surface area contributed by atoms with Gasteiger partial charge < -0.3 is 9.15 Å². The van der Waals surface area contributed by atoms with Gasteiger partial charge in [-0.05, 0) is 20.8 Å². The molecule has 1 aromatic heterocycles. The van der Waals surface area contributed by atoms with E-state index in [0.717, 1.165) is 11.3 Å². The SMILES string of the molecule is CCOC(=O)c1coc(C)c1C. The summed E-state index contributed by atoms with van der Waals surface area (Å²) in [6.45, 7) is 5.83. The first kappa shape index (κ1) is 8.84. The first-order chi connectivity index (χ1) is 5.66. The molecule has 0 unspecified atom stereocenters. The monoisotopic (exact) mass is 168 g/mol. The van der Waals surface area contributed by atoms with E-state index in [2.05, 4.69) is 0 Å². The molecule has 1 aromatic rings. The van der Waals surface area contributed by atoms with Gasteiger partial charge in [-0.2, -0.15) is 0 Å². The Labute approximate surface area is 71.3 Å². The number of ether oxygens (including phenoxy) is 1. The van der Waals surface area contributed by atoms with Crippen LogP contribution in [0.3, 0.4) is 0 Å². The van der Waals surface area contributed by atoms with Crippen LogP contribution in [-0.4, -0.2) is 12.6 Å². The molecule has 0 fully saturated rings. The molecule has 0 atom stereocenters. The number of furan rings is 1. The molecule has 0 aromatic carbocycles. The summed E-state index contributed by atoms with van der Waals surface area (Å²) in [5.41, 5.74) is 1.38. The summed E-state index contributed by atoms with van der Waals surface area (Å²) in [4.78, 5) is 11.2. The average Bonchev–Trinajstić information content (AvgIpc) is 2.34. The molecule has 3 nitrogen and oxygen atoms in total. The second-order valence-electron chi connectivity index (χ2n) is 2.55. The summed E-state index contributed by atoms with van der Waals surface area (Å²) in [6, 6.07) is 0. The van der Waals surface area contributed by atoms with Crippen molar-refractivity contribution in [3.63, 3.8) is 0 Å². The zero-order valence-electron chi connectivity index (χ0n) is 7.51. The minimum Gasteiger partial charge on any atom is -0.468 e. The topological polar surface area (TPSA) is 39.4 Å². The van der Waals surface area contributed by atoms with Crippen LogP contribution in [0.2, 0.25) is 0 Å². The Morgan fingerprint density at radius 3 is 2.67 bits per heavy atom. The van der Waals surface area contributed by atoms with E-state index in [0.29, 0.717) is 12.2 Å². The molecule has 0 radical (unpaired) electrons. The third-order valence-corrected chi connectivity index (χ3v) is 1.78. The highest BCUT2D eigenvalue weighted by atomic mass is 16.5. The third kappa shape index (κ3) is 1.49. The lowest BCUT2D eigenvalue weighted by Gasteiger charge is -1.98. The molecule has 0 bridgehead atoms. The van der Waals surface area contributed by atoms with Crippen LogP contribution in [0.4, 0.5) is 0 Å². The van der Waals surface area contributed by atoms with E-state index in [1.165, 1.54) is 6.26 Å². The molecular formula is C9H12O3. The summed E-state index contributed by atoms with van der Waals surface area (Å²) in [6.07, 6.45) is 1.43. The van der Waals surface area contributed by atoms with Crippen LogP contribution in [0.1, 0.15) is 28.6 Å². The fourth-order valence-electron chi connectivity index (χ4n) is 0.924. The number of rotatable bonds is 2. The van der Waals surface area contributed by atoms with Crippen molar-refractivity contribution in [2.45, 2.75) is 20.8 Å². The number of aryl methyl sites for hydroxylation is 1. The van der Waals surface area contributed by atoms with Crippen LogP contribution in [0.5, 0.6) is 0 Å². The van der Waals surface area contributed by atoms with E-state index in [9.17, 15) is 4.79 Å². The van der Waals surface area contributed by atoms with Crippen molar-refractivity contribution in [1.82, 2.24) is 0 Å². The summed E-state index contributed by atoms with van der Waals surface area (Å²) in [5.74, 6) is 0.449. The van der Waals surface area contributed by atoms with Crippen LogP contribution < -0.4 is 0 Å². The van der Waals surface area contributed by atoms with E-state index >= 15 is 0 Å². The van der Waals surface area contributed by atoms with E-state index in [4.69, 9.17) is 9.15 Å². The van der Waals surface area contributed by atoms with E-state index in [1.54, 1.807) is 6.92 Å². The number of hydrogen-bond donors (Lipinski definition) is 0. The third-order valence-electron chi connectivity index (χ3n) is 1.78. The van der Waals surface area contributed by atoms with Gasteiger partial charge in [-0.25, -0.2) is 4.79 Å². The number of hydrogen-bond acceptors (Lipinski definition) is 3. The molecule has 1 heterocycles. The van der Waals surface area contributed by atoms with Gasteiger partial charge in [-0.15, -0.1) is 0 Å². The Morgan fingerprint density at radius 1 is 1.58 bits per heavy atom. The zero-order chi connectivity index (χ0) is 9.14. The maximum Gasteiger partial charge on any atom is 0.341 e.